The summed E-state index contributed by atoms with van der Waals surface area (Å²) >= 11 is 0.963. The lowest BCUT2D eigenvalue weighted by atomic mass is 10.2. The molecular formula is C15H13N3O5S. The molecule has 0 radical (unpaired) electrons. The Morgan fingerprint density at radius 3 is 2.38 bits per heavy atom. The molecule has 1 amide bonds. The molecule has 2 aromatic carbocycles. The number of nitro groups is 2. The molecule has 0 bridgehead atoms. The third-order valence-corrected chi connectivity index (χ3v) is 4.10. The first kappa shape index (κ1) is 17.4. The molecule has 8 nitrogen and oxygen atoms in total. The molecule has 2 rings (SSSR count). The Labute approximate surface area is 141 Å². The van der Waals surface area contributed by atoms with Gasteiger partial charge in [0.25, 0.3) is 11.4 Å². The molecule has 0 aromatic heterocycles. The van der Waals surface area contributed by atoms with E-state index in [0.717, 1.165) is 23.4 Å². The molecular weight excluding hydrogens is 334 g/mol. The van der Waals surface area contributed by atoms with E-state index in [1.54, 1.807) is 0 Å². The zero-order valence-electron chi connectivity index (χ0n) is 12.4. The summed E-state index contributed by atoms with van der Waals surface area (Å²) in [6.45, 7) is 0.364. The monoisotopic (exact) mass is 347 g/mol. The highest BCUT2D eigenvalue weighted by Gasteiger charge is 2.20. The van der Waals surface area contributed by atoms with Crippen LogP contribution in [-0.2, 0) is 11.3 Å². The normalized spacial score (nSPS) is 10.2. The molecule has 0 aliphatic rings. The Bertz CT molecular complexity index is 767. The molecule has 0 spiro atoms. The summed E-state index contributed by atoms with van der Waals surface area (Å²) in [6.07, 6.45) is 0. The van der Waals surface area contributed by atoms with Crippen molar-refractivity contribution in [3.8, 4) is 0 Å². The predicted octanol–water partition coefficient (Wildman–Crippen LogP) is 2.91. The van der Waals surface area contributed by atoms with E-state index < -0.39 is 9.85 Å². The Kier molecular flexibility index (Phi) is 5.85. The van der Waals surface area contributed by atoms with E-state index >= 15 is 0 Å². The lowest BCUT2D eigenvalue weighted by molar-refractivity contribution is -0.396. The van der Waals surface area contributed by atoms with Gasteiger partial charge in [-0.25, -0.2) is 0 Å². The van der Waals surface area contributed by atoms with Crippen LogP contribution in [0.5, 0.6) is 0 Å². The van der Waals surface area contributed by atoms with Crippen LogP contribution in [0.25, 0.3) is 0 Å². The maximum absolute atomic E-state index is 11.8. The van der Waals surface area contributed by atoms with E-state index in [1.165, 1.54) is 12.1 Å². The summed E-state index contributed by atoms with van der Waals surface area (Å²) in [5.41, 5.74) is 0.196. The van der Waals surface area contributed by atoms with Gasteiger partial charge in [0, 0.05) is 12.6 Å². The van der Waals surface area contributed by atoms with Crippen molar-refractivity contribution in [2.45, 2.75) is 11.4 Å². The van der Waals surface area contributed by atoms with Crippen molar-refractivity contribution in [1.82, 2.24) is 5.32 Å². The standard InChI is InChI=1S/C15H13N3O5S/c19-15(16-9-11-4-2-1-3-5-11)10-24-14-7-6-12(17(20)21)8-13(14)18(22)23/h1-8H,9-10H2,(H,16,19). The molecule has 24 heavy (non-hydrogen) atoms. The average molecular weight is 347 g/mol. The van der Waals surface area contributed by atoms with E-state index in [2.05, 4.69) is 5.32 Å². The highest BCUT2D eigenvalue weighted by molar-refractivity contribution is 8.00. The summed E-state index contributed by atoms with van der Waals surface area (Å²) in [7, 11) is 0. The van der Waals surface area contributed by atoms with Crippen molar-refractivity contribution in [2.75, 3.05) is 5.75 Å². The predicted molar refractivity (Wildman–Crippen MR) is 88.8 cm³/mol. The van der Waals surface area contributed by atoms with Crippen LogP contribution in [-0.4, -0.2) is 21.5 Å². The van der Waals surface area contributed by atoms with Crippen LogP contribution < -0.4 is 5.32 Å². The quantitative estimate of drug-likeness (QED) is 0.468. The van der Waals surface area contributed by atoms with Crippen LogP contribution in [0.1, 0.15) is 5.56 Å². The first-order chi connectivity index (χ1) is 11.5. The van der Waals surface area contributed by atoms with E-state index in [1.807, 2.05) is 30.3 Å². The number of nitrogens with zero attached hydrogens (tertiary/aromatic N) is 2. The number of hydrogen-bond acceptors (Lipinski definition) is 6. The van der Waals surface area contributed by atoms with Crippen molar-refractivity contribution in [2.24, 2.45) is 0 Å². The number of nitrogens with one attached hydrogen (secondary N) is 1. The van der Waals surface area contributed by atoms with E-state index in [9.17, 15) is 25.0 Å². The van der Waals surface area contributed by atoms with E-state index in [-0.39, 0.29) is 27.9 Å². The molecule has 9 heteroatoms. The Morgan fingerprint density at radius 2 is 1.75 bits per heavy atom. The fourth-order valence-electron chi connectivity index (χ4n) is 1.87. The molecule has 0 saturated carbocycles. The number of benzene rings is 2. The molecule has 1 N–H and O–H groups in total. The van der Waals surface area contributed by atoms with Crippen LogP contribution in [0.15, 0.2) is 53.4 Å². The second-order valence-electron chi connectivity index (χ2n) is 4.72. The summed E-state index contributed by atoms with van der Waals surface area (Å²) in [6, 6.07) is 12.7. The Morgan fingerprint density at radius 1 is 1.04 bits per heavy atom. The number of carbonyl (C=O) groups is 1. The van der Waals surface area contributed by atoms with Gasteiger partial charge >= 0.3 is 0 Å². The Balaban J connectivity index is 1.97. The van der Waals surface area contributed by atoms with Gasteiger partial charge in [0.05, 0.1) is 26.6 Å². The van der Waals surface area contributed by atoms with Gasteiger partial charge < -0.3 is 5.32 Å². The Hall–Kier alpha value is -2.94. The SMILES string of the molecule is O=C(CSc1ccc([N+](=O)[O-])cc1[N+](=O)[O-])NCc1ccccc1. The first-order valence-corrected chi connectivity index (χ1v) is 7.82. The maximum atomic E-state index is 11.8. The van der Waals surface area contributed by atoms with Crippen molar-refractivity contribution in [3.05, 3.63) is 74.3 Å². The van der Waals surface area contributed by atoms with Gasteiger partial charge in [0.2, 0.25) is 5.91 Å². The van der Waals surface area contributed by atoms with Gasteiger partial charge in [-0.05, 0) is 11.6 Å². The fraction of sp³-hybridized carbons (Fsp3) is 0.133. The molecule has 0 aliphatic heterocycles. The van der Waals surface area contributed by atoms with E-state index in [0.29, 0.717) is 6.54 Å². The largest absolute Gasteiger partial charge is 0.351 e. The van der Waals surface area contributed by atoms with Crippen molar-refractivity contribution >= 4 is 29.0 Å². The second kappa shape index (κ2) is 8.06. The number of rotatable bonds is 7. The second-order valence-corrected chi connectivity index (χ2v) is 5.73. The third-order valence-electron chi connectivity index (χ3n) is 3.04. The van der Waals surface area contributed by atoms with E-state index in [4.69, 9.17) is 0 Å². The molecule has 0 unspecified atom stereocenters. The minimum Gasteiger partial charge on any atom is -0.351 e. The lowest BCUT2D eigenvalue weighted by Crippen LogP contribution is -2.24. The van der Waals surface area contributed by atoms with Crippen LogP contribution in [0.3, 0.4) is 0 Å². The van der Waals surface area contributed by atoms with Gasteiger partial charge in [0.1, 0.15) is 0 Å². The summed E-state index contributed by atoms with van der Waals surface area (Å²) in [4.78, 5) is 32.4. The summed E-state index contributed by atoms with van der Waals surface area (Å²) in [5.74, 6) is -0.303. The molecule has 0 fully saturated rings. The highest BCUT2D eigenvalue weighted by Crippen LogP contribution is 2.32. The number of non-ortho nitro benzene ring substituents is 1. The number of amides is 1. The molecule has 0 saturated heterocycles. The van der Waals surface area contributed by atoms with Crippen LogP contribution in [0, 0.1) is 20.2 Å². The number of carbonyl (C=O) groups excluding carboxylic acids is 1. The van der Waals surface area contributed by atoms with Gasteiger partial charge in [-0.2, -0.15) is 0 Å². The van der Waals surface area contributed by atoms with Gasteiger partial charge in [-0.3, -0.25) is 25.0 Å². The zero-order chi connectivity index (χ0) is 17.5. The van der Waals surface area contributed by atoms with Crippen molar-refractivity contribution in [3.63, 3.8) is 0 Å². The molecule has 0 aliphatic carbocycles. The topological polar surface area (TPSA) is 115 Å². The summed E-state index contributed by atoms with van der Waals surface area (Å²) < 4.78 is 0. The minimum absolute atomic E-state index is 0.0223. The minimum atomic E-state index is -0.700. The molecule has 0 atom stereocenters. The maximum Gasteiger partial charge on any atom is 0.289 e. The molecule has 0 heterocycles. The van der Waals surface area contributed by atoms with Gasteiger partial charge in [-0.1, -0.05) is 30.3 Å². The fourth-order valence-corrected chi connectivity index (χ4v) is 2.71. The summed E-state index contributed by atoms with van der Waals surface area (Å²) in [5, 5.41) is 24.4. The molecule has 124 valence electrons. The number of nitro benzene ring substituents is 2. The van der Waals surface area contributed by atoms with Crippen LogP contribution in [0.4, 0.5) is 11.4 Å². The van der Waals surface area contributed by atoms with Crippen molar-refractivity contribution in [1.29, 1.82) is 0 Å². The van der Waals surface area contributed by atoms with Gasteiger partial charge in [-0.15, -0.1) is 11.8 Å². The van der Waals surface area contributed by atoms with Crippen LogP contribution in [0.2, 0.25) is 0 Å². The lowest BCUT2D eigenvalue weighted by Gasteiger charge is -2.06. The number of thioether (sulfide) groups is 1. The number of hydrogen-bond donors (Lipinski definition) is 1. The van der Waals surface area contributed by atoms with Crippen LogP contribution >= 0.6 is 11.8 Å². The van der Waals surface area contributed by atoms with Crippen molar-refractivity contribution < 1.29 is 14.6 Å². The van der Waals surface area contributed by atoms with Gasteiger partial charge in [0.15, 0.2) is 0 Å². The zero-order valence-corrected chi connectivity index (χ0v) is 13.2. The third kappa shape index (κ3) is 4.78. The molecule has 2 aromatic rings. The highest BCUT2D eigenvalue weighted by atomic mass is 32.2. The first-order valence-electron chi connectivity index (χ1n) is 6.83. The average Bonchev–Trinajstić information content (AvgIpc) is 2.58. The smallest absolute Gasteiger partial charge is 0.289 e.